The van der Waals surface area contributed by atoms with Gasteiger partial charge in [0.1, 0.15) is 12.4 Å². The van der Waals surface area contributed by atoms with Gasteiger partial charge in [0.15, 0.2) is 5.16 Å². The van der Waals surface area contributed by atoms with E-state index < -0.39 is 0 Å². The van der Waals surface area contributed by atoms with E-state index in [1.165, 1.54) is 11.8 Å². The second kappa shape index (κ2) is 10.1. The van der Waals surface area contributed by atoms with Crippen molar-refractivity contribution in [2.75, 3.05) is 5.75 Å². The number of thioether (sulfide) groups is 1. The van der Waals surface area contributed by atoms with Crippen molar-refractivity contribution in [1.82, 2.24) is 15.4 Å². The zero-order valence-electron chi connectivity index (χ0n) is 14.5. The predicted octanol–water partition coefficient (Wildman–Crippen LogP) is 3.30. The number of benzene rings is 2. The minimum Gasteiger partial charge on any atom is -0.488 e. The standard InChI is InChI=1S/C20H18N4O2S/c25-19(15-27-20-21-11-6-12-22-20)24-23-13-17-9-4-5-10-18(17)26-14-16-7-2-1-3-8-16/h1-13H,14-15H2,(H,24,25)/b23-13+. The van der Waals surface area contributed by atoms with Gasteiger partial charge in [-0.05, 0) is 23.8 Å². The molecule has 2 aromatic carbocycles. The molecule has 0 saturated heterocycles. The maximum atomic E-state index is 11.9. The lowest BCUT2D eigenvalue weighted by atomic mass is 10.2. The van der Waals surface area contributed by atoms with Crippen LogP contribution < -0.4 is 10.2 Å². The summed E-state index contributed by atoms with van der Waals surface area (Å²) in [7, 11) is 0. The van der Waals surface area contributed by atoms with E-state index in [2.05, 4.69) is 20.5 Å². The lowest BCUT2D eigenvalue weighted by molar-refractivity contribution is -0.118. The van der Waals surface area contributed by atoms with Crippen LogP contribution in [0.25, 0.3) is 0 Å². The number of para-hydroxylation sites is 1. The van der Waals surface area contributed by atoms with Crippen LogP contribution in [0.15, 0.2) is 83.3 Å². The number of nitrogens with zero attached hydrogens (tertiary/aromatic N) is 3. The Bertz CT molecular complexity index is 889. The second-order valence-corrected chi connectivity index (χ2v) is 6.37. The third-order valence-corrected chi connectivity index (χ3v) is 4.30. The maximum Gasteiger partial charge on any atom is 0.250 e. The first-order valence-corrected chi connectivity index (χ1v) is 9.27. The third kappa shape index (κ3) is 6.23. The molecule has 136 valence electrons. The van der Waals surface area contributed by atoms with E-state index in [9.17, 15) is 4.79 Å². The molecular weight excluding hydrogens is 360 g/mol. The number of ether oxygens (including phenoxy) is 1. The topological polar surface area (TPSA) is 76.5 Å². The van der Waals surface area contributed by atoms with Crippen molar-refractivity contribution in [3.05, 3.63) is 84.2 Å². The number of carbonyl (C=O) groups excluding carboxylic acids is 1. The van der Waals surface area contributed by atoms with Gasteiger partial charge in [-0.25, -0.2) is 15.4 Å². The molecule has 0 bridgehead atoms. The fourth-order valence-electron chi connectivity index (χ4n) is 2.15. The zero-order chi connectivity index (χ0) is 18.7. The summed E-state index contributed by atoms with van der Waals surface area (Å²) in [5.74, 6) is 0.658. The molecule has 0 fully saturated rings. The highest BCUT2D eigenvalue weighted by Crippen LogP contribution is 2.17. The van der Waals surface area contributed by atoms with Gasteiger partial charge in [0.05, 0.1) is 12.0 Å². The molecule has 3 rings (SSSR count). The molecule has 0 radical (unpaired) electrons. The normalized spacial score (nSPS) is 10.7. The summed E-state index contributed by atoms with van der Waals surface area (Å²) in [4.78, 5) is 20.0. The minimum atomic E-state index is -0.230. The number of rotatable bonds is 8. The number of amides is 1. The largest absolute Gasteiger partial charge is 0.488 e. The molecule has 6 nitrogen and oxygen atoms in total. The summed E-state index contributed by atoms with van der Waals surface area (Å²) >= 11 is 1.25. The Morgan fingerprint density at radius 1 is 1.04 bits per heavy atom. The summed E-state index contributed by atoms with van der Waals surface area (Å²) in [6, 6.07) is 19.2. The molecule has 7 heteroatoms. The number of hydrazone groups is 1. The molecule has 1 N–H and O–H groups in total. The molecule has 0 unspecified atom stereocenters. The first-order valence-electron chi connectivity index (χ1n) is 8.29. The molecule has 0 saturated carbocycles. The van der Waals surface area contributed by atoms with E-state index in [1.54, 1.807) is 24.7 Å². The number of hydrogen-bond acceptors (Lipinski definition) is 6. The predicted molar refractivity (Wildman–Crippen MR) is 106 cm³/mol. The molecule has 1 heterocycles. The Morgan fingerprint density at radius 3 is 2.59 bits per heavy atom. The third-order valence-electron chi connectivity index (χ3n) is 3.42. The smallest absolute Gasteiger partial charge is 0.250 e. The van der Waals surface area contributed by atoms with Crippen LogP contribution in [0.3, 0.4) is 0 Å². The van der Waals surface area contributed by atoms with Gasteiger partial charge in [-0.1, -0.05) is 54.2 Å². The van der Waals surface area contributed by atoms with Gasteiger partial charge in [0.2, 0.25) is 0 Å². The monoisotopic (exact) mass is 378 g/mol. The van der Waals surface area contributed by atoms with Crippen molar-refractivity contribution >= 4 is 23.9 Å². The molecule has 3 aromatic rings. The summed E-state index contributed by atoms with van der Waals surface area (Å²) in [6.45, 7) is 0.464. The molecule has 27 heavy (non-hydrogen) atoms. The lowest BCUT2D eigenvalue weighted by Gasteiger charge is -2.08. The van der Waals surface area contributed by atoms with Gasteiger partial charge in [0.25, 0.3) is 5.91 Å². The van der Waals surface area contributed by atoms with Crippen molar-refractivity contribution in [2.45, 2.75) is 11.8 Å². The van der Waals surface area contributed by atoms with Gasteiger partial charge in [-0.2, -0.15) is 5.10 Å². The summed E-state index contributed by atoms with van der Waals surface area (Å²) in [5, 5.41) is 4.56. The quantitative estimate of drug-likeness (QED) is 0.282. The summed E-state index contributed by atoms with van der Waals surface area (Å²) in [5.41, 5.74) is 4.37. The first-order chi connectivity index (χ1) is 13.3. The molecular formula is C20H18N4O2S. The number of hydrogen-bond donors (Lipinski definition) is 1. The minimum absolute atomic E-state index is 0.188. The molecule has 0 aliphatic heterocycles. The maximum absolute atomic E-state index is 11.9. The first kappa shape index (κ1) is 18.6. The van der Waals surface area contributed by atoms with Crippen molar-refractivity contribution < 1.29 is 9.53 Å². The van der Waals surface area contributed by atoms with Crippen LogP contribution in [-0.4, -0.2) is 27.8 Å². The Balaban J connectivity index is 1.51. The van der Waals surface area contributed by atoms with E-state index in [0.717, 1.165) is 11.1 Å². The average Bonchev–Trinajstić information content (AvgIpc) is 2.73. The van der Waals surface area contributed by atoms with Crippen molar-refractivity contribution in [3.63, 3.8) is 0 Å². The van der Waals surface area contributed by atoms with Crippen LogP contribution >= 0.6 is 11.8 Å². The number of nitrogens with one attached hydrogen (secondary N) is 1. The Labute approximate surface area is 161 Å². The SMILES string of the molecule is O=C(CSc1ncccn1)N/N=C/c1ccccc1OCc1ccccc1. The van der Waals surface area contributed by atoms with Gasteiger partial charge in [-0.15, -0.1) is 0 Å². The fourth-order valence-corrected chi connectivity index (χ4v) is 2.75. The van der Waals surface area contributed by atoms with Crippen LogP contribution in [0.1, 0.15) is 11.1 Å². The summed E-state index contributed by atoms with van der Waals surface area (Å²) < 4.78 is 5.86. The van der Waals surface area contributed by atoms with E-state index in [1.807, 2.05) is 54.6 Å². The van der Waals surface area contributed by atoms with E-state index in [0.29, 0.717) is 17.5 Å². The number of carbonyl (C=O) groups is 1. The van der Waals surface area contributed by atoms with Crippen molar-refractivity contribution in [2.24, 2.45) is 5.10 Å². The average molecular weight is 378 g/mol. The fraction of sp³-hybridized carbons (Fsp3) is 0.100. The molecule has 1 aromatic heterocycles. The van der Waals surface area contributed by atoms with E-state index in [-0.39, 0.29) is 11.7 Å². The highest BCUT2D eigenvalue weighted by Gasteiger charge is 2.04. The van der Waals surface area contributed by atoms with E-state index in [4.69, 9.17) is 4.74 Å². The lowest BCUT2D eigenvalue weighted by Crippen LogP contribution is -2.19. The Kier molecular flexibility index (Phi) is 6.94. The van der Waals surface area contributed by atoms with Crippen molar-refractivity contribution in [3.8, 4) is 5.75 Å². The van der Waals surface area contributed by atoms with Gasteiger partial charge in [0, 0.05) is 18.0 Å². The Hall–Kier alpha value is -3.19. The van der Waals surface area contributed by atoms with Crippen LogP contribution in [0.4, 0.5) is 0 Å². The van der Waals surface area contributed by atoms with Crippen LogP contribution in [0, 0.1) is 0 Å². The van der Waals surface area contributed by atoms with E-state index >= 15 is 0 Å². The van der Waals surface area contributed by atoms with Gasteiger partial charge >= 0.3 is 0 Å². The second-order valence-electron chi connectivity index (χ2n) is 5.43. The summed E-state index contributed by atoms with van der Waals surface area (Å²) in [6.07, 6.45) is 4.84. The molecule has 1 amide bonds. The number of aromatic nitrogens is 2. The zero-order valence-corrected chi connectivity index (χ0v) is 15.3. The van der Waals surface area contributed by atoms with Gasteiger partial charge < -0.3 is 4.74 Å². The highest BCUT2D eigenvalue weighted by molar-refractivity contribution is 7.99. The molecule has 0 spiro atoms. The molecule has 0 aliphatic carbocycles. The molecule has 0 atom stereocenters. The van der Waals surface area contributed by atoms with Gasteiger partial charge in [-0.3, -0.25) is 4.79 Å². The molecule has 0 aliphatic rings. The van der Waals surface area contributed by atoms with Crippen LogP contribution in [0.5, 0.6) is 5.75 Å². The van der Waals surface area contributed by atoms with Crippen LogP contribution in [-0.2, 0) is 11.4 Å². The Morgan fingerprint density at radius 2 is 1.78 bits per heavy atom. The van der Waals surface area contributed by atoms with Crippen molar-refractivity contribution in [1.29, 1.82) is 0 Å². The highest BCUT2D eigenvalue weighted by atomic mass is 32.2. The van der Waals surface area contributed by atoms with Crippen LogP contribution in [0.2, 0.25) is 0 Å².